The number of hydrogen-bond donors (Lipinski definition) is 2. The lowest BCUT2D eigenvalue weighted by molar-refractivity contribution is 0.847. The number of rotatable bonds is 3. The first-order chi connectivity index (χ1) is 6.09. The lowest BCUT2D eigenvalue weighted by Gasteiger charge is -2.07. The number of nitrogen functional groups attached to an aromatic ring is 1. The van der Waals surface area contributed by atoms with Crippen LogP contribution in [0.1, 0.15) is 12.5 Å². The molecule has 1 atom stereocenters. The number of thioether (sulfide) groups is 1. The number of benzene rings is 1. The molecule has 0 saturated carbocycles. The predicted octanol–water partition coefficient (Wildman–Crippen LogP) is 2.02. The molecule has 1 aromatic carbocycles. The molecule has 0 spiro atoms. The molecule has 1 unspecified atom stereocenters. The molecule has 4 N–H and O–H groups in total. The van der Waals surface area contributed by atoms with E-state index in [2.05, 4.69) is 12.1 Å². The fraction of sp³-hybridized carbons (Fsp3) is 0.400. The molecule has 1 rings (SSSR count). The van der Waals surface area contributed by atoms with Crippen LogP contribution in [0.25, 0.3) is 0 Å². The van der Waals surface area contributed by atoms with Crippen LogP contribution in [0.2, 0.25) is 0 Å². The van der Waals surface area contributed by atoms with Crippen LogP contribution in [0, 0.1) is 6.92 Å². The molecule has 0 aliphatic heterocycles. The molecule has 0 radical (unpaired) electrons. The van der Waals surface area contributed by atoms with Gasteiger partial charge in [0.2, 0.25) is 0 Å². The first-order valence-corrected chi connectivity index (χ1v) is 5.32. The molecule has 0 bridgehead atoms. The van der Waals surface area contributed by atoms with E-state index in [9.17, 15) is 0 Å². The van der Waals surface area contributed by atoms with Gasteiger partial charge in [-0.2, -0.15) is 0 Å². The number of nitrogens with two attached hydrogens (primary N) is 2. The summed E-state index contributed by atoms with van der Waals surface area (Å²) in [5.74, 6) is 0.910. The van der Waals surface area contributed by atoms with Gasteiger partial charge in [-0.15, -0.1) is 11.8 Å². The molecule has 0 fully saturated rings. The molecule has 72 valence electrons. The zero-order chi connectivity index (χ0) is 9.84. The molecular weight excluding hydrogens is 180 g/mol. The van der Waals surface area contributed by atoms with Gasteiger partial charge in [-0.25, -0.2) is 0 Å². The van der Waals surface area contributed by atoms with Gasteiger partial charge in [0.05, 0.1) is 0 Å². The van der Waals surface area contributed by atoms with Crippen LogP contribution >= 0.6 is 11.8 Å². The van der Waals surface area contributed by atoms with Crippen LogP contribution in [0.3, 0.4) is 0 Å². The van der Waals surface area contributed by atoms with Crippen molar-refractivity contribution in [2.75, 3.05) is 11.5 Å². The molecule has 0 aliphatic rings. The van der Waals surface area contributed by atoms with E-state index in [4.69, 9.17) is 11.5 Å². The van der Waals surface area contributed by atoms with Gasteiger partial charge in [-0.1, -0.05) is 6.07 Å². The Bertz CT molecular complexity index is 284. The summed E-state index contributed by atoms with van der Waals surface area (Å²) in [6.45, 7) is 4.04. The van der Waals surface area contributed by atoms with Crippen molar-refractivity contribution in [3.8, 4) is 0 Å². The molecule has 0 heterocycles. The quantitative estimate of drug-likeness (QED) is 0.574. The third kappa shape index (κ3) is 3.28. The molecule has 0 amide bonds. The molecule has 3 heteroatoms. The summed E-state index contributed by atoms with van der Waals surface area (Å²) in [5, 5.41) is 0. The SMILES string of the molecule is Cc1ccc(SCC(C)N)c(N)c1. The molecule has 0 saturated heterocycles. The van der Waals surface area contributed by atoms with E-state index in [0.717, 1.165) is 16.3 Å². The third-order valence-corrected chi connectivity index (χ3v) is 3.04. The number of aryl methyl sites for hydroxylation is 1. The highest BCUT2D eigenvalue weighted by Crippen LogP contribution is 2.25. The zero-order valence-corrected chi connectivity index (χ0v) is 8.90. The fourth-order valence-electron chi connectivity index (χ4n) is 1.02. The van der Waals surface area contributed by atoms with E-state index in [-0.39, 0.29) is 6.04 Å². The van der Waals surface area contributed by atoms with Crippen LogP contribution in [0.4, 0.5) is 5.69 Å². The largest absolute Gasteiger partial charge is 0.398 e. The second-order valence-electron chi connectivity index (χ2n) is 3.33. The average molecular weight is 196 g/mol. The van der Waals surface area contributed by atoms with E-state index in [0.29, 0.717) is 0 Å². The molecule has 0 aromatic heterocycles. The Kier molecular flexibility index (Phi) is 3.63. The van der Waals surface area contributed by atoms with Crippen molar-refractivity contribution in [3.05, 3.63) is 23.8 Å². The Balaban J connectivity index is 2.67. The predicted molar refractivity (Wildman–Crippen MR) is 60.0 cm³/mol. The molecule has 2 nitrogen and oxygen atoms in total. The summed E-state index contributed by atoms with van der Waals surface area (Å²) in [6, 6.07) is 6.33. The van der Waals surface area contributed by atoms with Crippen LogP contribution in [0.5, 0.6) is 0 Å². The Labute approximate surface area is 83.7 Å². The molecule has 1 aromatic rings. The molecular formula is C10H16N2S. The summed E-state index contributed by atoms with van der Waals surface area (Å²) in [6.07, 6.45) is 0. The monoisotopic (exact) mass is 196 g/mol. The van der Waals surface area contributed by atoms with Crippen LogP contribution in [-0.2, 0) is 0 Å². The van der Waals surface area contributed by atoms with Gasteiger partial charge in [-0.3, -0.25) is 0 Å². The first kappa shape index (κ1) is 10.4. The Morgan fingerprint density at radius 1 is 1.46 bits per heavy atom. The van der Waals surface area contributed by atoms with Crippen molar-refractivity contribution in [2.45, 2.75) is 24.8 Å². The smallest absolute Gasteiger partial charge is 0.0454 e. The van der Waals surface area contributed by atoms with E-state index in [1.807, 2.05) is 19.9 Å². The van der Waals surface area contributed by atoms with Gasteiger partial charge in [0.1, 0.15) is 0 Å². The highest BCUT2D eigenvalue weighted by atomic mass is 32.2. The summed E-state index contributed by atoms with van der Waals surface area (Å²) in [7, 11) is 0. The fourth-order valence-corrected chi connectivity index (χ4v) is 1.85. The Morgan fingerprint density at radius 2 is 2.15 bits per heavy atom. The second-order valence-corrected chi connectivity index (χ2v) is 4.39. The minimum Gasteiger partial charge on any atom is -0.398 e. The average Bonchev–Trinajstić information content (AvgIpc) is 2.02. The van der Waals surface area contributed by atoms with Crippen LogP contribution in [0.15, 0.2) is 23.1 Å². The minimum absolute atomic E-state index is 0.214. The standard InChI is InChI=1S/C10H16N2S/c1-7-3-4-10(9(12)5-7)13-6-8(2)11/h3-5,8H,6,11-12H2,1-2H3. The lowest BCUT2D eigenvalue weighted by atomic mass is 10.2. The highest BCUT2D eigenvalue weighted by molar-refractivity contribution is 7.99. The van der Waals surface area contributed by atoms with Gasteiger partial charge in [0.25, 0.3) is 0 Å². The van der Waals surface area contributed by atoms with Crippen molar-refractivity contribution >= 4 is 17.4 Å². The Morgan fingerprint density at radius 3 is 2.69 bits per heavy atom. The third-order valence-electron chi connectivity index (χ3n) is 1.67. The summed E-state index contributed by atoms with van der Waals surface area (Å²) >= 11 is 1.71. The van der Waals surface area contributed by atoms with Crippen LogP contribution < -0.4 is 11.5 Å². The maximum absolute atomic E-state index is 5.85. The summed E-state index contributed by atoms with van der Waals surface area (Å²) in [4.78, 5) is 1.13. The lowest BCUT2D eigenvalue weighted by Crippen LogP contribution is -2.17. The maximum Gasteiger partial charge on any atom is 0.0454 e. The van der Waals surface area contributed by atoms with Crippen molar-refractivity contribution < 1.29 is 0 Å². The van der Waals surface area contributed by atoms with Crippen molar-refractivity contribution in [1.29, 1.82) is 0 Å². The second kappa shape index (κ2) is 4.53. The number of hydrogen-bond acceptors (Lipinski definition) is 3. The van der Waals surface area contributed by atoms with Gasteiger partial charge >= 0.3 is 0 Å². The van der Waals surface area contributed by atoms with Gasteiger partial charge in [0, 0.05) is 22.4 Å². The highest BCUT2D eigenvalue weighted by Gasteiger charge is 2.01. The normalized spacial score (nSPS) is 12.8. The van der Waals surface area contributed by atoms with Gasteiger partial charge in [0.15, 0.2) is 0 Å². The Hall–Kier alpha value is -0.670. The minimum atomic E-state index is 0.214. The maximum atomic E-state index is 5.85. The van der Waals surface area contributed by atoms with Crippen molar-refractivity contribution in [1.82, 2.24) is 0 Å². The summed E-state index contributed by atoms with van der Waals surface area (Å²) < 4.78 is 0. The van der Waals surface area contributed by atoms with Gasteiger partial charge in [-0.05, 0) is 31.5 Å². The van der Waals surface area contributed by atoms with E-state index in [1.165, 1.54) is 5.56 Å². The zero-order valence-electron chi connectivity index (χ0n) is 8.08. The van der Waals surface area contributed by atoms with E-state index >= 15 is 0 Å². The van der Waals surface area contributed by atoms with Crippen molar-refractivity contribution in [2.24, 2.45) is 5.73 Å². The van der Waals surface area contributed by atoms with E-state index < -0.39 is 0 Å². The molecule has 0 aliphatic carbocycles. The van der Waals surface area contributed by atoms with Crippen molar-refractivity contribution in [3.63, 3.8) is 0 Å². The topological polar surface area (TPSA) is 52.0 Å². The molecule has 13 heavy (non-hydrogen) atoms. The van der Waals surface area contributed by atoms with Crippen LogP contribution in [-0.4, -0.2) is 11.8 Å². The summed E-state index contributed by atoms with van der Waals surface area (Å²) in [5.41, 5.74) is 13.6. The number of anilines is 1. The van der Waals surface area contributed by atoms with E-state index in [1.54, 1.807) is 11.8 Å². The first-order valence-electron chi connectivity index (χ1n) is 4.34. The van der Waals surface area contributed by atoms with Gasteiger partial charge < -0.3 is 11.5 Å².